The van der Waals surface area contributed by atoms with E-state index in [1.165, 1.54) is 14.7 Å². The van der Waals surface area contributed by atoms with Crippen LogP contribution in [0.1, 0.15) is 31.0 Å². The van der Waals surface area contributed by atoms with E-state index in [4.69, 9.17) is 4.74 Å². The molecule has 0 saturated heterocycles. The monoisotopic (exact) mass is 395 g/mol. The van der Waals surface area contributed by atoms with Gasteiger partial charge in [0.25, 0.3) is 0 Å². The lowest BCUT2D eigenvalue weighted by Gasteiger charge is -2.19. The topological polar surface area (TPSA) is 21.3 Å². The highest BCUT2D eigenvalue weighted by molar-refractivity contribution is 14.1. The Morgan fingerprint density at radius 3 is 2.52 bits per heavy atom. The van der Waals surface area contributed by atoms with Gasteiger partial charge in [0.15, 0.2) is 0 Å². The normalized spacial score (nSPS) is 12.1. The molecular formula is C18H22INO. The zero-order chi connectivity index (χ0) is 15.1. The standard InChI is InChI=1S/C18H22INO/c1-3-20-18(12-14-8-10-16(19)11-9-14)15-6-5-7-17(13-15)21-4-2/h5-11,13,18,20H,3-4,12H2,1-2H3. The molecule has 1 N–H and O–H groups in total. The number of nitrogens with one attached hydrogen (secondary N) is 1. The average molecular weight is 395 g/mol. The van der Waals surface area contributed by atoms with E-state index in [0.29, 0.717) is 12.6 Å². The number of halogens is 1. The van der Waals surface area contributed by atoms with Crippen LogP contribution in [-0.4, -0.2) is 13.2 Å². The summed E-state index contributed by atoms with van der Waals surface area (Å²) in [5, 5.41) is 3.57. The van der Waals surface area contributed by atoms with Gasteiger partial charge in [0, 0.05) is 9.61 Å². The Bertz CT molecular complexity index is 553. The van der Waals surface area contributed by atoms with Gasteiger partial charge in [-0.1, -0.05) is 31.2 Å². The van der Waals surface area contributed by atoms with E-state index in [1.807, 2.05) is 13.0 Å². The van der Waals surface area contributed by atoms with Crippen LogP contribution in [0, 0.1) is 3.57 Å². The fourth-order valence-corrected chi connectivity index (χ4v) is 2.76. The Hall–Kier alpha value is -1.07. The van der Waals surface area contributed by atoms with Crippen LogP contribution < -0.4 is 10.1 Å². The number of hydrogen-bond donors (Lipinski definition) is 1. The molecule has 0 amide bonds. The van der Waals surface area contributed by atoms with Crippen molar-refractivity contribution < 1.29 is 4.74 Å². The highest BCUT2D eigenvalue weighted by atomic mass is 127. The van der Waals surface area contributed by atoms with E-state index >= 15 is 0 Å². The zero-order valence-electron chi connectivity index (χ0n) is 12.6. The molecule has 0 spiro atoms. The van der Waals surface area contributed by atoms with Crippen LogP contribution in [-0.2, 0) is 6.42 Å². The second kappa shape index (κ2) is 8.39. The molecule has 2 nitrogen and oxygen atoms in total. The van der Waals surface area contributed by atoms with Crippen molar-refractivity contribution in [1.29, 1.82) is 0 Å². The SMILES string of the molecule is CCNC(Cc1ccc(I)cc1)c1cccc(OCC)c1. The summed E-state index contributed by atoms with van der Waals surface area (Å²) in [5.41, 5.74) is 2.63. The fourth-order valence-electron chi connectivity index (χ4n) is 2.40. The smallest absolute Gasteiger partial charge is 0.119 e. The first kappa shape index (κ1) is 16.3. The Morgan fingerprint density at radius 2 is 1.86 bits per heavy atom. The lowest BCUT2D eigenvalue weighted by atomic mass is 9.98. The third-order valence-corrected chi connectivity index (χ3v) is 4.09. The molecule has 0 heterocycles. The molecule has 1 atom stereocenters. The largest absolute Gasteiger partial charge is 0.494 e. The molecule has 0 aliphatic rings. The Morgan fingerprint density at radius 1 is 1.10 bits per heavy atom. The minimum absolute atomic E-state index is 0.315. The molecule has 0 bridgehead atoms. The fraction of sp³-hybridized carbons (Fsp3) is 0.333. The van der Waals surface area contributed by atoms with Crippen LogP contribution in [0.5, 0.6) is 5.75 Å². The third-order valence-electron chi connectivity index (χ3n) is 3.38. The highest BCUT2D eigenvalue weighted by Crippen LogP contribution is 2.23. The highest BCUT2D eigenvalue weighted by Gasteiger charge is 2.12. The number of hydrogen-bond acceptors (Lipinski definition) is 2. The summed E-state index contributed by atoms with van der Waals surface area (Å²) in [6.45, 7) is 5.81. The van der Waals surface area contributed by atoms with Gasteiger partial charge in [-0.25, -0.2) is 0 Å². The van der Waals surface area contributed by atoms with Crippen molar-refractivity contribution in [3.05, 3.63) is 63.2 Å². The van der Waals surface area contributed by atoms with Crippen molar-refractivity contribution in [2.24, 2.45) is 0 Å². The molecule has 0 aliphatic carbocycles. The average Bonchev–Trinajstić information content (AvgIpc) is 2.50. The molecule has 2 aromatic rings. The van der Waals surface area contributed by atoms with Crippen molar-refractivity contribution in [2.45, 2.75) is 26.3 Å². The van der Waals surface area contributed by atoms with Gasteiger partial charge >= 0.3 is 0 Å². The van der Waals surface area contributed by atoms with Crippen molar-refractivity contribution in [2.75, 3.05) is 13.2 Å². The van der Waals surface area contributed by atoms with Gasteiger partial charge in [-0.2, -0.15) is 0 Å². The molecule has 0 radical (unpaired) electrons. The van der Waals surface area contributed by atoms with Crippen molar-refractivity contribution in [3.8, 4) is 5.75 Å². The summed E-state index contributed by atoms with van der Waals surface area (Å²) in [6, 6.07) is 17.4. The summed E-state index contributed by atoms with van der Waals surface area (Å²) < 4.78 is 6.88. The molecule has 112 valence electrons. The molecule has 2 rings (SSSR count). The summed E-state index contributed by atoms with van der Waals surface area (Å²) in [6.07, 6.45) is 0.986. The van der Waals surface area contributed by atoms with Gasteiger partial charge in [-0.05, 0) is 77.9 Å². The van der Waals surface area contributed by atoms with Crippen LogP contribution >= 0.6 is 22.6 Å². The zero-order valence-corrected chi connectivity index (χ0v) is 14.8. The maximum Gasteiger partial charge on any atom is 0.119 e. The van der Waals surface area contributed by atoms with Gasteiger partial charge < -0.3 is 10.1 Å². The van der Waals surface area contributed by atoms with Crippen LogP contribution in [0.2, 0.25) is 0 Å². The lowest BCUT2D eigenvalue weighted by molar-refractivity contribution is 0.339. The maximum absolute atomic E-state index is 5.61. The minimum Gasteiger partial charge on any atom is -0.494 e. The lowest BCUT2D eigenvalue weighted by Crippen LogP contribution is -2.23. The third kappa shape index (κ3) is 5.00. The molecule has 21 heavy (non-hydrogen) atoms. The van der Waals surface area contributed by atoms with E-state index in [1.54, 1.807) is 0 Å². The van der Waals surface area contributed by atoms with Crippen LogP contribution in [0.25, 0.3) is 0 Å². The Labute approximate surface area is 141 Å². The quantitative estimate of drug-likeness (QED) is 0.693. The van der Waals surface area contributed by atoms with Gasteiger partial charge in [0.1, 0.15) is 5.75 Å². The second-order valence-electron chi connectivity index (χ2n) is 4.95. The summed E-state index contributed by atoms with van der Waals surface area (Å²) in [4.78, 5) is 0. The molecule has 0 fully saturated rings. The van der Waals surface area contributed by atoms with E-state index in [2.05, 4.69) is 77.3 Å². The summed E-state index contributed by atoms with van der Waals surface area (Å²) in [7, 11) is 0. The molecule has 3 heteroatoms. The molecule has 0 saturated carbocycles. The Kier molecular flexibility index (Phi) is 6.51. The van der Waals surface area contributed by atoms with Crippen LogP contribution in [0.4, 0.5) is 0 Å². The molecular weight excluding hydrogens is 373 g/mol. The number of ether oxygens (including phenoxy) is 1. The predicted octanol–water partition coefficient (Wildman–Crippen LogP) is 4.58. The number of rotatable bonds is 7. The number of benzene rings is 2. The van der Waals surface area contributed by atoms with Crippen LogP contribution in [0.3, 0.4) is 0 Å². The van der Waals surface area contributed by atoms with E-state index < -0.39 is 0 Å². The first-order valence-electron chi connectivity index (χ1n) is 7.43. The predicted molar refractivity (Wildman–Crippen MR) is 96.9 cm³/mol. The summed E-state index contributed by atoms with van der Waals surface area (Å²) >= 11 is 2.34. The van der Waals surface area contributed by atoms with Gasteiger partial charge in [-0.3, -0.25) is 0 Å². The molecule has 0 aromatic heterocycles. The maximum atomic E-state index is 5.61. The van der Waals surface area contributed by atoms with E-state index in [-0.39, 0.29) is 0 Å². The number of likely N-dealkylation sites (N-methyl/N-ethyl adjacent to an activating group) is 1. The summed E-state index contributed by atoms with van der Waals surface area (Å²) in [5.74, 6) is 0.945. The minimum atomic E-state index is 0.315. The second-order valence-corrected chi connectivity index (χ2v) is 6.19. The van der Waals surface area contributed by atoms with Crippen molar-refractivity contribution in [3.63, 3.8) is 0 Å². The van der Waals surface area contributed by atoms with Crippen molar-refractivity contribution >= 4 is 22.6 Å². The van der Waals surface area contributed by atoms with Gasteiger partial charge in [0.05, 0.1) is 6.61 Å². The molecule has 0 aliphatic heterocycles. The van der Waals surface area contributed by atoms with Crippen molar-refractivity contribution in [1.82, 2.24) is 5.32 Å². The Balaban J connectivity index is 2.17. The first-order chi connectivity index (χ1) is 10.2. The molecule has 1 unspecified atom stereocenters. The van der Waals surface area contributed by atoms with Crippen LogP contribution in [0.15, 0.2) is 48.5 Å². The van der Waals surface area contributed by atoms with Gasteiger partial charge in [-0.15, -0.1) is 0 Å². The van der Waals surface area contributed by atoms with E-state index in [0.717, 1.165) is 18.7 Å². The van der Waals surface area contributed by atoms with Gasteiger partial charge in [0.2, 0.25) is 0 Å². The first-order valence-corrected chi connectivity index (χ1v) is 8.51. The molecule has 2 aromatic carbocycles. The van der Waals surface area contributed by atoms with E-state index in [9.17, 15) is 0 Å².